The standard InChI is InChI=1S/C20H19ClFN3O3/c21-15-2-1-3-16(22)17(15)20(28)24-11-10-23-18(26)12-6-8-14(9-7-12)25-19(27)13-4-5-13/h1-3,6-9,13H,4-5,10-11H2,(H,23,26)(H,24,28)(H,25,27). The van der Waals surface area contributed by atoms with Crippen molar-refractivity contribution in [2.24, 2.45) is 5.92 Å². The molecule has 0 unspecified atom stereocenters. The number of carbonyl (C=O) groups excluding carboxylic acids is 3. The van der Waals surface area contributed by atoms with Gasteiger partial charge in [-0.15, -0.1) is 0 Å². The largest absolute Gasteiger partial charge is 0.350 e. The van der Waals surface area contributed by atoms with Gasteiger partial charge in [0.1, 0.15) is 5.82 Å². The third kappa shape index (κ3) is 5.07. The summed E-state index contributed by atoms with van der Waals surface area (Å²) < 4.78 is 13.7. The van der Waals surface area contributed by atoms with E-state index in [4.69, 9.17) is 11.6 Å². The molecule has 1 aliphatic rings. The molecule has 146 valence electrons. The molecule has 3 amide bonds. The zero-order valence-corrected chi connectivity index (χ0v) is 15.7. The van der Waals surface area contributed by atoms with Gasteiger partial charge in [0.05, 0.1) is 10.6 Å². The van der Waals surface area contributed by atoms with Crippen LogP contribution in [0, 0.1) is 11.7 Å². The Labute approximate surface area is 166 Å². The van der Waals surface area contributed by atoms with Crippen molar-refractivity contribution in [2.45, 2.75) is 12.8 Å². The quantitative estimate of drug-likeness (QED) is 0.621. The van der Waals surface area contributed by atoms with Gasteiger partial charge in [-0.3, -0.25) is 14.4 Å². The van der Waals surface area contributed by atoms with Gasteiger partial charge in [-0.2, -0.15) is 0 Å². The lowest BCUT2D eigenvalue weighted by atomic mass is 10.2. The predicted octanol–water partition coefficient (Wildman–Crippen LogP) is 2.99. The van der Waals surface area contributed by atoms with E-state index in [2.05, 4.69) is 16.0 Å². The number of halogens is 2. The molecule has 0 aliphatic heterocycles. The van der Waals surface area contributed by atoms with E-state index in [0.29, 0.717) is 11.3 Å². The molecule has 6 nitrogen and oxygen atoms in total. The summed E-state index contributed by atoms with van der Waals surface area (Å²) in [6.45, 7) is 0.279. The van der Waals surface area contributed by atoms with Crippen molar-refractivity contribution < 1.29 is 18.8 Å². The van der Waals surface area contributed by atoms with Gasteiger partial charge < -0.3 is 16.0 Å². The SMILES string of the molecule is O=C(NCCNC(=O)c1c(F)cccc1Cl)c1ccc(NC(=O)C2CC2)cc1. The van der Waals surface area contributed by atoms with E-state index >= 15 is 0 Å². The van der Waals surface area contributed by atoms with E-state index in [1.165, 1.54) is 12.1 Å². The Hall–Kier alpha value is -2.93. The molecule has 1 aliphatic carbocycles. The van der Waals surface area contributed by atoms with E-state index in [-0.39, 0.29) is 41.4 Å². The lowest BCUT2D eigenvalue weighted by molar-refractivity contribution is -0.117. The zero-order chi connectivity index (χ0) is 20.1. The summed E-state index contributed by atoms with van der Waals surface area (Å²) in [7, 11) is 0. The van der Waals surface area contributed by atoms with Crippen LogP contribution in [-0.4, -0.2) is 30.8 Å². The molecule has 0 atom stereocenters. The van der Waals surface area contributed by atoms with Gasteiger partial charge in [0.25, 0.3) is 11.8 Å². The summed E-state index contributed by atoms with van der Waals surface area (Å²) in [6, 6.07) is 10.5. The number of amides is 3. The van der Waals surface area contributed by atoms with Gasteiger partial charge >= 0.3 is 0 Å². The lowest BCUT2D eigenvalue weighted by Gasteiger charge is -2.09. The van der Waals surface area contributed by atoms with Crippen molar-refractivity contribution in [3.8, 4) is 0 Å². The van der Waals surface area contributed by atoms with Gasteiger partial charge in [0.2, 0.25) is 5.91 Å². The van der Waals surface area contributed by atoms with Crippen LogP contribution in [0.2, 0.25) is 5.02 Å². The van der Waals surface area contributed by atoms with Gasteiger partial charge in [-0.25, -0.2) is 4.39 Å². The molecule has 8 heteroatoms. The number of nitrogens with one attached hydrogen (secondary N) is 3. The molecule has 2 aromatic carbocycles. The fraction of sp³-hybridized carbons (Fsp3) is 0.250. The van der Waals surface area contributed by atoms with Crippen LogP contribution in [0.4, 0.5) is 10.1 Å². The highest BCUT2D eigenvalue weighted by Crippen LogP contribution is 2.30. The molecule has 1 fully saturated rings. The van der Waals surface area contributed by atoms with E-state index in [9.17, 15) is 18.8 Å². The zero-order valence-electron chi connectivity index (χ0n) is 14.9. The van der Waals surface area contributed by atoms with Crippen LogP contribution in [-0.2, 0) is 4.79 Å². The molecule has 0 bridgehead atoms. The normalized spacial score (nSPS) is 12.9. The van der Waals surface area contributed by atoms with Crippen molar-refractivity contribution in [3.05, 3.63) is 64.4 Å². The first-order chi connectivity index (χ1) is 13.5. The van der Waals surface area contributed by atoms with Gasteiger partial charge in [-0.05, 0) is 49.2 Å². The Balaban J connectivity index is 1.44. The fourth-order valence-electron chi connectivity index (χ4n) is 2.55. The molecule has 0 radical (unpaired) electrons. The molecule has 0 saturated heterocycles. The fourth-order valence-corrected chi connectivity index (χ4v) is 2.80. The highest BCUT2D eigenvalue weighted by atomic mass is 35.5. The monoisotopic (exact) mass is 403 g/mol. The van der Waals surface area contributed by atoms with Crippen LogP contribution >= 0.6 is 11.6 Å². The first kappa shape index (κ1) is 19.8. The van der Waals surface area contributed by atoms with Crippen LogP contribution in [0.15, 0.2) is 42.5 Å². The molecule has 1 saturated carbocycles. The van der Waals surface area contributed by atoms with Crippen molar-refractivity contribution in [1.29, 1.82) is 0 Å². The van der Waals surface area contributed by atoms with Gasteiger partial charge in [0, 0.05) is 30.3 Å². The maximum absolute atomic E-state index is 13.7. The van der Waals surface area contributed by atoms with Crippen molar-refractivity contribution in [2.75, 3.05) is 18.4 Å². The molecule has 3 rings (SSSR count). The molecular formula is C20H19ClFN3O3. The molecule has 3 N–H and O–H groups in total. The maximum Gasteiger partial charge on any atom is 0.255 e. The summed E-state index contributed by atoms with van der Waals surface area (Å²) in [5.74, 6) is -1.56. The Morgan fingerprint density at radius 3 is 2.21 bits per heavy atom. The molecule has 0 aromatic heterocycles. The second-order valence-electron chi connectivity index (χ2n) is 6.45. The van der Waals surface area contributed by atoms with Crippen LogP contribution in [0.25, 0.3) is 0 Å². The first-order valence-corrected chi connectivity index (χ1v) is 9.25. The Kier molecular flexibility index (Phi) is 6.26. The smallest absolute Gasteiger partial charge is 0.255 e. The molecular weight excluding hydrogens is 385 g/mol. The average Bonchev–Trinajstić information content (AvgIpc) is 3.51. The average molecular weight is 404 g/mol. The van der Waals surface area contributed by atoms with Crippen LogP contribution in [0.3, 0.4) is 0 Å². The first-order valence-electron chi connectivity index (χ1n) is 8.87. The molecule has 0 heterocycles. The molecule has 28 heavy (non-hydrogen) atoms. The number of hydrogen-bond donors (Lipinski definition) is 3. The Bertz CT molecular complexity index is 878. The number of rotatable bonds is 7. The van der Waals surface area contributed by atoms with Gasteiger partial charge in [0.15, 0.2) is 0 Å². The lowest BCUT2D eigenvalue weighted by Crippen LogP contribution is -2.35. The second kappa shape index (κ2) is 8.84. The van der Waals surface area contributed by atoms with E-state index in [1.54, 1.807) is 24.3 Å². The van der Waals surface area contributed by atoms with Crippen LogP contribution in [0.1, 0.15) is 33.6 Å². The Morgan fingerprint density at radius 1 is 0.964 bits per heavy atom. The topological polar surface area (TPSA) is 87.3 Å². The summed E-state index contributed by atoms with van der Waals surface area (Å²) in [5, 5.41) is 7.99. The third-order valence-electron chi connectivity index (χ3n) is 4.25. The maximum atomic E-state index is 13.7. The minimum absolute atomic E-state index is 0.00268. The minimum Gasteiger partial charge on any atom is -0.350 e. The van der Waals surface area contributed by atoms with Crippen molar-refractivity contribution in [3.63, 3.8) is 0 Å². The highest BCUT2D eigenvalue weighted by molar-refractivity contribution is 6.33. The molecule has 0 spiro atoms. The summed E-state index contributed by atoms with van der Waals surface area (Å²) in [4.78, 5) is 35.8. The number of carbonyl (C=O) groups is 3. The Morgan fingerprint density at radius 2 is 1.61 bits per heavy atom. The highest BCUT2D eigenvalue weighted by Gasteiger charge is 2.29. The van der Waals surface area contributed by atoms with Gasteiger partial charge in [-0.1, -0.05) is 17.7 Å². The van der Waals surface area contributed by atoms with Crippen LogP contribution < -0.4 is 16.0 Å². The predicted molar refractivity (Wildman–Crippen MR) is 104 cm³/mol. The van der Waals surface area contributed by atoms with E-state index in [1.807, 2.05) is 0 Å². The number of anilines is 1. The summed E-state index contributed by atoms with van der Waals surface area (Å²) in [6.07, 6.45) is 1.85. The number of hydrogen-bond acceptors (Lipinski definition) is 3. The second-order valence-corrected chi connectivity index (χ2v) is 6.86. The number of benzene rings is 2. The van der Waals surface area contributed by atoms with Crippen molar-refractivity contribution in [1.82, 2.24) is 10.6 Å². The summed E-state index contributed by atoms with van der Waals surface area (Å²) >= 11 is 5.84. The molecule has 2 aromatic rings. The summed E-state index contributed by atoms with van der Waals surface area (Å²) in [5.41, 5.74) is 0.842. The van der Waals surface area contributed by atoms with Crippen molar-refractivity contribution >= 4 is 35.0 Å². The third-order valence-corrected chi connectivity index (χ3v) is 4.56. The van der Waals surface area contributed by atoms with Crippen LogP contribution in [0.5, 0.6) is 0 Å². The van der Waals surface area contributed by atoms with E-state index < -0.39 is 11.7 Å². The minimum atomic E-state index is -0.706. The van der Waals surface area contributed by atoms with E-state index in [0.717, 1.165) is 18.9 Å².